The van der Waals surface area contributed by atoms with E-state index < -0.39 is 0 Å². The molecule has 4 nitrogen and oxygen atoms in total. The second kappa shape index (κ2) is 5.52. The average molecular weight is 257 g/mol. The van der Waals surface area contributed by atoms with Crippen LogP contribution in [0.3, 0.4) is 0 Å². The largest absolute Gasteiger partial charge is 0.497 e. The first-order chi connectivity index (χ1) is 9.13. The van der Waals surface area contributed by atoms with Gasteiger partial charge in [-0.15, -0.1) is 0 Å². The number of methoxy groups -OCH3 is 1. The van der Waals surface area contributed by atoms with Crippen LogP contribution in [0.15, 0.2) is 42.1 Å². The van der Waals surface area contributed by atoms with Gasteiger partial charge in [0.1, 0.15) is 5.75 Å². The van der Waals surface area contributed by atoms with Gasteiger partial charge in [0.25, 0.3) is 0 Å². The van der Waals surface area contributed by atoms with Gasteiger partial charge in [-0.3, -0.25) is 10.1 Å². The highest BCUT2D eigenvalue weighted by molar-refractivity contribution is 5.86. The molecule has 2 aromatic rings. The molecule has 0 aromatic heterocycles. The molecule has 0 aliphatic rings. The summed E-state index contributed by atoms with van der Waals surface area (Å²) < 4.78 is 5.16. The standard InChI is InChI=1S/C15H15NO3/c1-3-14(16(17)18)9-11-4-5-13-10-15(19-2)7-6-12(13)8-11/h4-10H,3H2,1-2H3. The van der Waals surface area contributed by atoms with Crippen LogP contribution in [0.4, 0.5) is 0 Å². The van der Waals surface area contributed by atoms with Crippen molar-refractivity contribution in [3.05, 3.63) is 57.8 Å². The SMILES string of the molecule is CCC(=Cc1ccc2cc(OC)ccc2c1)[N+](=O)[O-]. The highest BCUT2D eigenvalue weighted by Crippen LogP contribution is 2.23. The lowest BCUT2D eigenvalue weighted by molar-refractivity contribution is -0.425. The number of ether oxygens (including phenoxy) is 1. The summed E-state index contributed by atoms with van der Waals surface area (Å²) in [6.45, 7) is 1.78. The Hall–Kier alpha value is -2.36. The second-order valence-electron chi connectivity index (χ2n) is 4.22. The first kappa shape index (κ1) is 13.1. The predicted octanol–water partition coefficient (Wildman–Crippen LogP) is 3.88. The number of fused-ring (bicyclic) bond motifs is 1. The zero-order valence-corrected chi connectivity index (χ0v) is 10.9. The van der Waals surface area contributed by atoms with Crippen molar-refractivity contribution in [2.24, 2.45) is 0 Å². The van der Waals surface area contributed by atoms with E-state index in [0.717, 1.165) is 22.1 Å². The predicted molar refractivity (Wildman–Crippen MR) is 75.8 cm³/mol. The van der Waals surface area contributed by atoms with Gasteiger partial charge in [0.15, 0.2) is 0 Å². The lowest BCUT2D eigenvalue weighted by atomic mass is 10.1. The molecule has 0 spiro atoms. The van der Waals surface area contributed by atoms with Crippen molar-refractivity contribution in [2.45, 2.75) is 13.3 Å². The maximum atomic E-state index is 10.8. The van der Waals surface area contributed by atoms with Gasteiger partial charge in [-0.1, -0.05) is 25.1 Å². The van der Waals surface area contributed by atoms with E-state index in [-0.39, 0.29) is 10.6 Å². The van der Waals surface area contributed by atoms with Gasteiger partial charge in [-0.25, -0.2) is 0 Å². The highest BCUT2D eigenvalue weighted by Gasteiger charge is 2.07. The number of rotatable bonds is 4. The molecule has 2 aromatic carbocycles. The Kier molecular flexibility index (Phi) is 3.80. The van der Waals surface area contributed by atoms with Crippen molar-refractivity contribution in [1.82, 2.24) is 0 Å². The van der Waals surface area contributed by atoms with Crippen LogP contribution in [0.1, 0.15) is 18.9 Å². The smallest absolute Gasteiger partial charge is 0.246 e. The minimum absolute atomic E-state index is 0.216. The second-order valence-corrected chi connectivity index (χ2v) is 4.22. The normalized spacial score (nSPS) is 11.6. The lowest BCUT2D eigenvalue weighted by Gasteiger charge is -2.03. The van der Waals surface area contributed by atoms with E-state index >= 15 is 0 Å². The summed E-state index contributed by atoms with van der Waals surface area (Å²) in [4.78, 5) is 10.5. The van der Waals surface area contributed by atoms with Crippen molar-refractivity contribution in [3.63, 3.8) is 0 Å². The number of nitro groups is 1. The van der Waals surface area contributed by atoms with Crippen LogP contribution in [0.2, 0.25) is 0 Å². The minimum atomic E-state index is -0.335. The third-order valence-corrected chi connectivity index (χ3v) is 3.00. The average Bonchev–Trinajstić information content (AvgIpc) is 2.43. The molecule has 0 heterocycles. The van der Waals surface area contributed by atoms with Gasteiger partial charge in [0.05, 0.1) is 12.0 Å². The number of allylic oxidation sites excluding steroid dienone is 1. The zero-order valence-electron chi connectivity index (χ0n) is 10.9. The van der Waals surface area contributed by atoms with Gasteiger partial charge >= 0.3 is 0 Å². The molecular formula is C15H15NO3. The fourth-order valence-corrected chi connectivity index (χ4v) is 1.94. The molecule has 0 aliphatic carbocycles. The molecule has 0 atom stereocenters. The van der Waals surface area contributed by atoms with Crippen LogP contribution in [0, 0.1) is 10.1 Å². The van der Waals surface area contributed by atoms with Gasteiger partial charge < -0.3 is 4.74 Å². The Morgan fingerprint density at radius 1 is 1.26 bits per heavy atom. The van der Waals surface area contributed by atoms with E-state index in [4.69, 9.17) is 4.74 Å². The van der Waals surface area contributed by atoms with Gasteiger partial charge in [0.2, 0.25) is 5.70 Å². The molecule has 0 unspecified atom stereocenters. The van der Waals surface area contributed by atoms with Gasteiger partial charge in [0, 0.05) is 12.5 Å². The Morgan fingerprint density at radius 2 is 1.95 bits per heavy atom. The number of hydrogen-bond acceptors (Lipinski definition) is 3. The topological polar surface area (TPSA) is 52.4 Å². The first-order valence-corrected chi connectivity index (χ1v) is 6.07. The summed E-state index contributed by atoms with van der Waals surface area (Å²) in [5.74, 6) is 0.801. The molecule has 0 saturated carbocycles. The van der Waals surface area contributed by atoms with E-state index in [9.17, 15) is 10.1 Å². The summed E-state index contributed by atoms with van der Waals surface area (Å²) in [6, 6.07) is 11.5. The molecule has 98 valence electrons. The summed E-state index contributed by atoms with van der Waals surface area (Å²) in [5, 5.41) is 12.9. The van der Waals surface area contributed by atoms with Crippen molar-refractivity contribution in [3.8, 4) is 5.75 Å². The van der Waals surface area contributed by atoms with Crippen LogP contribution in [-0.2, 0) is 0 Å². The van der Waals surface area contributed by atoms with Crippen molar-refractivity contribution < 1.29 is 9.66 Å². The summed E-state index contributed by atoms with van der Waals surface area (Å²) in [7, 11) is 1.63. The number of benzene rings is 2. The van der Waals surface area contributed by atoms with E-state index in [2.05, 4.69) is 0 Å². The Labute approximate surface area is 111 Å². The highest BCUT2D eigenvalue weighted by atomic mass is 16.6. The first-order valence-electron chi connectivity index (χ1n) is 6.07. The van der Waals surface area contributed by atoms with E-state index in [1.807, 2.05) is 36.4 Å². The third kappa shape index (κ3) is 2.91. The van der Waals surface area contributed by atoms with Crippen molar-refractivity contribution >= 4 is 16.8 Å². The van der Waals surface area contributed by atoms with Crippen molar-refractivity contribution in [2.75, 3.05) is 7.11 Å². The van der Waals surface area contributed by atoms with E-state index in [0.29, 0.717) is 6.42 Å². The minimum Gasteiger partial charge on any atom is -0.497 e. The molecule has 0 N–H and O–H groups in total. The maximum absolute atomic E-state index is 10.8. The van der Waals surface area contributed by atoms with E-state index in [1.54, 1.807) is 20.1 Å². The molecule has 19 heavy (non-hydrogen) atoms. The molecule has 2 rings (SSSR count). The Bertz CT molecular complexity index is 647. The number of nitrogens with zero attached hydrogens (tertiary/aromatic N) is 1. The van der Waals surface area contributed by atoms with Crippen molar-refractivity contribution in [1.29, 1.82) is 0 Å². The maximum Gasteiger partial charge on any atom is 0.246 e. The number of hydrogen-bond donors (Lipinski definition) is 0. The molecule has 0 aliphatic heterocycles. The van der Waals surface area contributed by atoms with Crippen LogP contribution >= 0.6 is 0 Å². The van der Waals surface area contributed by atoms with E-state index in [1.165, 1.54) is 0 Å². The molecule has 0 fully saturated rings. The summed E-state index contributed by atoms with van der Waals surface area (Å²) >= 11 is 0. The van der Waals surface area contributed by atoms with Gasteiger partial charge in [-0.2, -0.15) is 0 Å². The molecule has 0 amide bonds. The lowest BCUT2D eigenvalue weighted by Crippen LogP contribution is -1.96. The van der Waals surface area contributed by atoms with Crippen LogP contribution in [0.25, 0.3) is 16.8 Å². The molecule has 0 bridgehead atoms. The third-order valence-electron chi connectivity index (χ3n) is 3.00. The van der Waals surface area contributed by atoms with Gasteiger partial charge in [-0.05, 0) is 34.5 Å². The Morgan fingerprint density at radius 3 is 2.58 bits per heavy atom. The van der Waals surface area contributed by atoms with Crippen LogP contribution in [-0.4, -0.2) is 12.0 Å². The quantitative estimate of drug-likeness (QED) is 0.617. The fraction of sp³-hybridized carbons (Fsp3) is 0.200. The zero-order chi connectivity index (χ0) is 13.8. The summed E-state index contributed by atoms with van der Waals surface area (Å²) in [5.41, 5.74) is 1.05. The summed E-state index contributed by atoms with van der Waals surface area (Å²) in [6.07, 6.45) is 2.03. The molecule has 4 heteroatoms. The van der Waals surface area contributed by atoms with Crippen LogP contribution < -0.4 is 4.74 Å². The fourth-order valence-electron chi connectivity index (χ4n) is 1.94. The Balaban J connectivity index is 2.44. The molecular weight excluding hydrogens is 242 g/mol. The molecule has 0 saturated heterocycles. The van der Waals surface area contributed by atoms with Crippen LogP contribution in [0.5, 0.6) is 5.75 Å². The monoisotopic (exact) mass is 257 g/mol. The molecule has 0 radical (unpaired) electrons.